The van der Waals surface area contributed by atoms with E-state index in [0.29, 0.717) is 16.6 Å². The second-order valence-corrected chi connectivity index (χ2v) is 8.19. The lowest BCUT2D eigenvalue weighted by molar-refractivity contribution is -0.384. The van der Waals surface area contributed by atoms with Gasteiger partial charge in [-0.3, -0.25) is 10.1 Å². The van der Waals surface area contributed by atoms with E-state index in [1.54, 1.807) is 24.3 Å². The molecule has 0 amide bonds. The number of nitro groups is 1. The number of aromatic nitrogens is 2. The Kier molecular flexibility index (Phi) is 4.69. The highest BCUT2D eigenvalue weighted by molar-refractivity contribution is 8.00. The number of non-ortho nitro benzene ring substituents is 1. The number of imidazole rings is 1. The first-order chi connectivity index (χ1) is 13.9. The molecule has 0 saturated heterocycles. The molecule has 0 aliphatic carbocycles. The van der Waals surface area contributed by atoms with Gasteiger partial charge in [0.25, 0.3) is 5.69 Å². The number of hydrogen-bond acceptors (Lipinski definition) is 5. The molecule has 0 saturated carbocycles. The Hall–Kier alpha value is -3.78. The minimum Gasteiger partial charge on any atom is -0.337 e. The van der Waals surface area contributed by atoms with Crippen molar-refractivity contribution >= 4 is 37.5 Å². The van der Waals surface area contributed by atoms with Gasteiger partial charge in [0.05, 0.1) is 20.9 Å². The highest BCUT2D eigenvalue weighted by Crippen LogP contribution is 2.30. The average Bonchev–Trinajstić information content (AvgIpc) is 3.16. The van der Waals surface area contributed by atoms with Crippen LogP contribution in [0.25, 0.3) is 22.0 Å². The zero-order valence-corrected chi connectivity index (χ0v) is 15.8. The molecule has 0 bridgehead atoms. The van der Waals surface area contributed by atoms with E-state index in [1.807, 2.05) is 18.2 Å². The molecule has 1 N–H and O–H groups in total. The van der Waals surface area contributed by atoms with Crippen molar-refractivity contribution in [3.8, 4) is 0 Å². The van der Waals surface area contributed by atoms with Crippen molar-refractivity contribution in [2.24, 2.45) is 0 Å². The Balaban J connectivity index is 1.90. The maximum atomic E-state index is 13.4. The van der Waals surface area contributed by atoms with Crippen LogP contribution in [0.4, 0.5) is 5.69 Å². The number of benzene rings is 3. The molecule has 0 aliphatic rings. The Labute approximate surface area is 166 Å². The molecule has 0 spiro atoms. The van der Waals surface area contributed by atoms with Crippen LogP contribution in [0.15, 0.2) is 83.8 Å². The van der Waals surface area contributed by atoms with Gasteiger partial charge < -0.3 is 4.98 Å². The predicted octanol–water partition coefficient (Wildman–Crippen LogP) is 4.44. The van der Waals surface area contributed by atoms with Gasteiger partial charge in [-0.25, -0.2) is 13.4 Å². The van der Waals surface area contributed by atoms with E-state index in [4.69, 9.17) is 0 Å². The summed E-state index contributed by atoms with van der Waals surface area (Å²) < 4.78 is 26.7. The van der Waals surface area contributed by atoms with Gasteiger partial charge in [0.2, 0.25) is 9.84 Å². The van der Waals surface area contributed by atoms with Crippen molar-refractivity contribution < 1.29 is 13.3 Å². The summed E-state index contributed by atoms with van der Waals surface area (Å²) in [6.07, 6.45) is 1.46. The summed E-state index contributed by atoms with van der Waals surface area (Å²) in [6, 6.07) is 21.0. The number of nitrogens with one attached hydrogen (secondary N) is 1. The van der Waals surface area contributed by atoms with Crippen molar-refractivity contribution in [2.75, 3.05) is 0 Å². The molecule has 4 aromatic rings. The number of H-pyrrole nitrogens is 1. The van der Waals surface area contributed by atoms with E-state index < -0.39 is 14.8 Å². The van der Waals surface area contributed by atoms with Crippen molar-refractivity contribution in [1.82, 2.24) is 9.97 Å². The number of fused-ring (bicyclic) bond motifs is 1. The Morgan fingerprint density at radius 2 is 1.59 bits per heavy atom. The standard InChI is InChI=1S/C21H15N3O4S/c25-24(26)16-12-10-15(11-13-16)14-20(29(27,28)17-6-2-1-3-7-17)21-22-18-8-4-5-9-19(18)23-21/h1-14H,(H,22,23)/b20-14+. The zero-order valence-electron chi connectivity index (χ0n) is 15.0. The normalized spacial score (nSPS) is 12.2. The summed E-state index contributed by atoms with van der Waals surface area (Å²) in [7, 11) is -3.89. The molecule has 1 heterocycles. The van der Waals surface area contributed by atoms with Crippen molar-refractivity contribution in [3.05, 3.63) is 100 Å². The smallest absolute Gasteiger partial charge is 0.269 e. The molecule has 144 valence electrons. The molecule has 1 aromatic heterocycles. The van der Waals surface area contributed by atoms with Crippen molar-refractivity contribution in [2.45, 2.75) is 4.90 Å². The van der Waals surface area contributed by atoms with E-state index in [1.165, 1.54) is 42.5 Å². The molecule has 3 aromatic carbocycles. The summed E-state index contributed by atoms with van der Waals surface area (Å²) in [5.74, 6) is 0.202. The van der Waals surface area contributed by atoms with E-state index >= 15 is 0 Å². The molecule has 0 radical (unpaired) electrons. The van der Waals surface area contributed by atoms with Crippen LogP contribution in [-0.2, 0) is 9.84 Å². The maximum Gasteiger partial charge on any atom is 0.269 e. The fourth-order valence-electron chi connectivity index (χ4n) is 2.91. The van der Waals surface area contributed by atoms with Gasteiger partial charge in [-0.15, -0.1) is 0 Å². The second-order valence-electron chi connectivity index (χ2n) is 6.28. The average molecular weight is 405 g/mol. The Morgan fingerprint density at radius 3 is 2.24 bits per heavy atom. The molecule has 0 aliphatic heterocycles. The van der Waals surface area contributed by atoms with Gasteiger partial charge in [-0.2, -0.15) is 0 Å². The molecule has 0 fully saturated rings. The third kappa shape index (κ3) is 3.65. The molecular weight excluding hydrogens is 390 g/mol. The number of para-hydroxylation sites is 2. The van der Waals surface area contributed by atoms with Gasteiger partial charge in [0, 0.05) is 12.1 Å². The van der Waals surface area contributed by atoms with Gasteiger partial charge in [-0.1, -0.05) is 30.3 Å². The largest absolute Gasteiger partial charge is 0.337 e. The SMILES string of the molecule is O=[N+]([O-])c1ccc(/C=C(\c2nc3ccccc3[nH]2)S(=O)(=O)c2ccccc2)cc1. The minimum absolute atomic E-state index is 0.0197. The van der Waals surface area contributed by atoms with Gasteiger partial charge in [0.15, 0.2) is 0 Å². The van der Waals surface area contributed by atoms with Crippen LogP contribution in [0.1, 0.15) is 11.4 Å². The highest BCUT2D eigenvalue weighted by Gasteiger charge is 2.25. The lowest BCUT2D eigenvalue weighted by Gasteiger charge is -2.08. The molecule has 8 heteroatoms. The molecule has 0 unspecified atom stereocenters. The molecule has 7 nitrogen and oxygen atoms in total. The summed E-state index contributed by atoms with van der Waals surface area (Å²) in [6.45, 7) is 0. The van der Waals surface area contributed by atoms with Crippen LogP contribution in [0.2, 0.25) is 0 Å². The topological polar surface area (TPSA) is 106 Å². The van der Waals surface area contributed by atoms with Crippen LogP contribution in [-0.4, -0.2) is 23.3 Å². The fourth-order valence-corrected chi connectivity index (χ4v) is 4.32. The van der Waals surface area contributed by atoms with E-state index in [-0.39, 0.29) is 21.3 Å². The highest BCUT2D eigenvalue weighted by atomic mass is 32.2. The monoisotopic (exact) mass is 405 g/mol. The van der Waals surface area contributed by atoms with E-state index in [0.717, 1.165) is 0 Å². The molecule has 0 atom stereocenters. The van der Waals surface area contributed by atoms with Gasteiger partial charge >= 0.3 is 0 Å². The fraction of sp³-hybridized carbons (Fsp3) is 0. The lowest BCUT2D eigenvalue weighted by Crippen LogP contribution is -2.05. The van der Waals surface area contributed by atoms with E-state index in [2.05, 4.69) is 9.97 Å². The number of nitrogens with zero attached hydrogens (tertiary/aromatic N) is 2. The van der Waals surface area contributed by atoms with Crippen molar-refractivity contribution in [3.63, 3.8) is 0 Å². The first-order valence-corrected chi connectivity index (χ1v) is 10.1. The molecule has 4 rings (SSSR count). The van der Waals surface area contributed by atoms with Gasteiger partial charge in [-0.05, 0) is 48.0 Å². The van der Waals surface area contributed by atoms with Crippen LogP contribution in [0.3, 0.4) is 0 Å². The molecule has 29 heavy (non-hydrogen) atoms. The first kappa shape index (κ1) is 18.6. The summed E-state index contributed by atoms with van der Waals surface area (Å²) in [5, 5.41) is 10.9. The predicted molar refractivity (Wildman–Crippen MR) is 111 cm³/mol. The summed E-state index contributed by atoms with van der Waals surface area (Å²) in [5.41, 5.74) is 1.78. The number of hydrogen-bond donors (Lipinski definition) is 1. The zero-order chi connectivity index (χ0) is 20.4. The van der Waals surface area contributed by atoms with Crippen LogP contribution in [0.5, 0.6) is 0 Å². The van der Waals surface area contributed by atoms with Crippen molar-refractivity contribution in [1.29, 1.82) is 0 Å². The van der Waals surface area contributed by atoms with Crippen LogP contribution in [0, 0.1) is 10.1 Å². The van der Waals surface area contributed by atoms with Crippen LogP contribution < -0.4 is 0 Å². The maximum absolute atomic E-state index is 13.4. The molecular formula is C21H15N3O4S. The first-order valence-electron chi connectivity index (χ1n) is 8.66. The van der Waals surface area contributed by atoms with Gasteiger partial charge in [0.1, 0.15) is 10.7 Å². The number of rotatable bonds is 5. The number of nitro benzene ring substituents is 1. The summed E-state index contributed by atoms with van der Waals surface area (Å²) in [4.78, 5) is 18.0. The van der Waals surface area contributed by atoms with E-state index in [9.17, 15) is 18.5 Å². The minimum atomic E-state index is -3.89. The third-order valence-electron chi connectivity index (χ3n) is 4.37. The lowest BCUT2D eigenvalue weighted by atomic mass is 10.2. The number of aromatic amines is 1. The number of sulfone groups is 1. The Morgan fingerprint density at radius 1 is 0.931 bits per heavy atom. The Bertz CT molecular complexity index is 1290. The summed E-state index contributed by atoms with van der Waals surface area (Å²) >= 11 is 0. The second kappa shape index (κ2) is 7.33. The van der Waals surface area contributed by atoms with Crippen LogP contribution >= 0.6 is 0 Å². The third-order valence-corrected chi connectivity index (χ3v) is 6.15. The quantitative estimate of drug-likeness (QED) is 0.390.